The van der Waals surface area contributed by atoms with Crippen molar-refractivity contribution < 1.29 is 19.1 Å². The van der Waals surface area contributed by atoms with Crippen LogP contribution in [0, 0.1) is 23.7 Å². The lowest BCUT2D eigenvalue weighted by atomic mass is 9.80. The Morgan fingerprint density at radius 3 is 1.22 bits per heavy atom. The number of ether oxygens (including phenoxy) is 2. The lowest BCUT2D eigenvalue weighted by molar-refractivity contribution is -0.141. The van der Waals surface area contributed by atoms with Crippen molar-refractivity contribution in [3.63, 3.8) is 0 Å². The van der Waals surface area contributed by atoms with Gasteiger partial charge in [-0.15, -0.1) is 0 Å². The fraction of sp³-hybridized carbons (Fsp3) is 0.562. The number of hydrogen-bond acceptors (Lipinski definition) is 4. The molecule has 2 aliphatic rings. The van der Waals surface area contributed by atoms with E-state index in [0.717, 1.165) is 74.3 Å². The fourth-order valence-corrected chi connectivity index (χ4v) is 6.02. The SMILES string of the molecule is CCCC1CCC(C(=O)Oc2ccc(-c3ccc(OC(=O)C4CCC(CCC)CC4)cc3)cc2)CC1. The highest BCUT2D eigenvalue weighted by atomic mass is 16.5. The molecule has 0 radical (unpaired) electrons. The van der Waals surface area contributed by atoms with Crippen molar-refractivity contribution in [1.29, 1.82) is 0 Å². The zero-order chi connectivity index (χ0) is 25.3. The van der Waals surface area contributed by atoms with Gasteiger partial charge in [-0.25, -0.2) is 0 Å². The minimum Gasteiger partial charge on any atom is -0.426 e. The van der Waals surface area contributed by atoms with Crippen LogP contribution in [0.1, 0.15) is 90.9 Å². The van der Waals surface area contributed by atoms with E-state index in [9.17, 15) is 9.59 Å². The molecule has 0 heterocycles. The zero-order valence-corrected chi connectivity index (χ0v) is 22.0. The van der Waals surface area contributed by atoms with Crippen LogP contribution >= 0.6 is 0 Å². The lowest BCUT2D eigenvalue weighted by Gasteiger charge is -2.26. The zero-order valence-electron chi connectivity index (χ0n) is 22.0. The number of carbonyl (C=O) groups excluding carboxylic acids is 2. The van der Waals surface area contributed by atoms with E-state index in [2.05, 4.69) is 13.8 Å². The van der Waals surface area contributed by atoms with Crippen molar-refractivity contribution >= 4 is 11.9 Å². The Labute approximate surface area is 216 Å². The van der Waals surface area contributed by atoms with Crippen LogP contribution in [0.3, 0.4) is 0 Å². The maximum atomic E-state index is 12.6. The van der Waals surface area contributed by atoms with Crippen molar-refractivity contribution in [3.05, 3.63) is 48.5 Å². The van der Waals surface area contributed by atoms with Crippen LogP contribution in [-0.4, -0.2) is 11.9 Å². The largest absolute Gasteiger partial charge is 0.426 e. The van der Waals surface area contributed by atoms with Gasteiger partial charge in [-0.3, -0.25) is 9.59 Å². The van der Waals surface area contributed by atoms with Crippen LogP contribution in [0.5, 0.6) is 11.5 Å². The normalized spacial score (nSPS) is 24.2. The number of esters is 2. The fourth-order valence-electron chi connectivity index (χ4n) is 6.02. The predicted molar refractivity (Wildman–Crippen MR) is 144 cm³/mol. The van der Waals surface area contributed by atoms with E-state index >= 15 is 0 Å². The molecule has 2 aliphatic carbocycles. The predicted octanol–water partition coefficient (Wildman–Crippen LogP) is 8.38. The third-order valence-electron chi connectivity index (χ3n) is 8.23. The molecule has 4 heteroatoms. The first-order chi connectivity index (χ1) is 17.6. The summed E-state index contributed by atoms with van der Waals surface area (Å²) in [6.07, 6.45) is 13.3. The highest BCUT2D eigenvalue weighted by Crippen LogP contribution is 2.34. The van der Waals surface area contributed by atoms with Gasteiger partial charge in [0.1, 0.15) is 11.5 Å². The average molecular weight is 491 g/mol. The van der Waals surface area contributed by atoms with Gasteiger partial charge in [0.2, 0.25) is 0 Å². The maximum absolute atomic E-state index is 12.6. The Morgan fingerprint density at radius 1 is 0.583 bits per heavy atom. The molecule has 2 aromatic rings. The molecule has 0 unspecified atom stereocenters. The molecule has 4 nitrogen and oxygen atoms in total. The van der Waals surface area contributed by atoms with Crippen molar-refractivity contribution in [2.24, 2.45) is 23.7 Å². The van der Waals surface area contributed by atoms with E-state index in [1.165, 1.54) is 25.7 Å². The molecule has 0 atom stereocenters. The second-order valence-electron chi connectivity index (χ2n) is 10.9. The monoisotopic (exact) mass is 490 g/mol. The standard InChI is InChI=1S/C32H42O4/c1-3-5-23-7-11-27(12-8-23)31(33)35-29-19-15-25(16-20-29)26-17-21-30(22-18-26)36-32(34)28-13-9-24(6-4-2)10-14-28/h15-24,27-28H,3-14H2,1-2H3. The van der Waals surface area contributed by atoms with E-state index in [0.29, 0.717) is 11.5 Å². The van der Waals surface area contributed by atoms with Gasteiger partial charge in [-0.2, -0.15) is 0 Å². The van der Waals surface area contributed by atoms with Crippen LogP contribution < -0.4 is 9.47 Å². The molecular formula is C32H42O4. The van der Waals surface area contributed by atoms with E-state index in [1.54, 1.807) is 0 Å². The number of carbonyl (C=O) groups is 2. The molecule has 2 fully saturated rings. The van der Waals surface area contributed by atoms with Crippen molar-refractivity contribution in [3.8, 4) is 22.6 Å². The number of benzene rings is 2. The van der Waals surface area contributed by atoms with Gasteiger partial charge in [0.15, 0.2) is 0 Å². The smallest absolute Gasteiger partial charge is 0.314 e. The van der Waals surface area contributed by atoms with E-state index in [-0.39, 0.29) is 23.8 Å². The second-order valence-corrected chi connectivity index (χ2v) is 10.9. The molecule has 0 bridgehead atoms. The van der Waals surface area contributed by atoms with Crippen molar-refractivity contribution in [2.75, 3.05) is 0 Å². The topological polar surface area (TPSA) is 52.6 Å². The first-order valence-corrected chi connectivity index (χ1v) is 14.2. The highest BCUT2D eigenvalue weighted by molar-refractivity contribution is 5.76. The van der Waals surface area contributed by atoms with Crippen LogP contribution in [-0.2, 0) is 9.59 Å². The Kier molecular flexibility index (Phi) is 9.60. The molecule has 2 aromatic carbocycles. The summed E-state index contributed by atoms with van der Waals surface area (Å²) in [6, 6.07) is 15.3. The molecule has 0 spiro atoms. The average Bonchev–Trinajstić information content (AvgIpc) is 2.91. The summed E-state index contributed by atoms with van der Waals surface area (Å²) in [5.74, 6) is 2.61. The number of hydrogen-bond donors (Lipinski definition) is 0. The Bertz CT molecular complexity index is 881. The summed E-state index contributed by atoms with van der Waals surface area (Å²) in [5.41, 5.74) is 2.06. The third-order valence-corrected chi connectivity index (χ3v) is 8.23. The van der Waals surface area contributed by atoms with E-state index < -0.39 is 0 Å². The summed E-state index contributed by atoms with van der Waals surface area (Å²) in [7, 11) is 0. The first-order valence-electron chi connectivity index (χ1n) is 14.2. The van der Waals surface area contributed by atoms with Crippen LogP contribution in [0.2, 0.25) is 0 Å². The molecule has 194 valence electrons. The molecular weight excluding hydrogens is 448 g/mol. The minimum absolute atomic E-state index is 0.0272. The van der Waals surface area contributed by atoms with Gasteiger partial charge in [0.25, 0.3) is 0 Å². The summed E-state index contributed by atoms with van der Waals surface area (Å²) in [6.45, 7) is 4.46. The Balaban J connectivity index is 1.25. The van der Waals surface area contributed by atoms with Crippen molar-refractivity contribution in [2.45, 2.75) is 90.9 Å². The van der Waals surface area contributed by atoms with E-state index in [1.807, 2.05) is 48.5 Å². The van der Waals surface area contributed by atoms with Gasteiger partial charge < -0.3 is 9.47 Å². The summed E-state index contributed by atoms with van der Waals surface area (Å²) in [4.78, 5) is 25.2. The highest BCUT2D eigenvalue weighted by Gasteiger charge is 2.28. The van der Waals surface area contributed by atoms with E-state index in [4.69, 9.17) is 9.47 Å². The van der Waals surface area contributed by atoms with Gasteiger partial charge in [0, 0.05) is 0 Å². The quantitative estimate of drug-likeness (QED) is 0.262. The summed E-state index contributed by atoms with van der Waals surface area (Å²) < 4.78 is 11.4. The molecule has 0 aromatic heterocycles. The lowest BCUT2D eigenvalue weighted by Crippen LogP contribution is -2.25. The molecule has 0 amide bonds. The minimum atomic E-state index is -0.0947. The van der Waals surface area contributed by atoms with Crippen molar-refractivity contribution in [1.82, 2.24) is 0 Å². The summed E-state index contributed by atoms with van der Waals surface area (Å²) in [5, 5.41) is 0. The Hall–Kier alpha value is -2.62. The molecule has 36 heavy (non-hydrogen) atoms. The summed E-state index contributed by atoms with van der Waals surface area (Å²) >= 11 is 0. The van der Waals surface area contributed by atoms with Gasteiger partial charge >= 0.3 is 11.9 Å². The van der Waals surface area contributed by atoms with Crippen LogP contribution in [0.25, 0.3) is 11.1 Å². The molecule has 2 saturated carbocycles. The molecule has 0 N–H and O–H groups in total. The second kappa shape index (κ2) is 13.1. The van der Waals surface area contributed by atoms with Gasteiger partial charge in [0.05, 0.1) is 11.8 Å². The van der Waals surface area contributed by atoms with Gasteiger partial charge in [-0.1, -0.05) is 63.8 Å². The first kappa shape index (κ1) is 26.4. The third kappa shape index (κ3) is 7.21. The molecule has 0 saturated heterocycles. The number of rotatable bonds is 9. The van der Waals surface area contributed by atoms with Crippen LogP contribution in [0.15, 0.2) is 48.5 Å². The molecule has 4 rings (SSSR count). The molecule has 0 aliphatic heterocycles. The van der Waals surface area contributed by atoms with Crippen LogP contribution in [0.4, 0.5) is 0 Å². The van der Waals surface area contributed by atoms with Gasteiger partial charge in [-0.05, 0) is 98.6 Å². The maximum Gasteiger partial charge on any atom is 0.314 e. The Morgan fingerprint density at radius 2 is 0.917 bits per heavy atom.